The molecule has 0 spiro atoms. The molecule has 1 N–H and O–H groups in total. The summed E-state index contributed by atoms with van der Waals surface area (Å²) in [6.45, 7) is 0. The van der Waals surface area contributed by atoms with E-state index in [1.807, 2.05) is 18.2 Å². The van der Waals surface area contributed by atoms with E-state index >= 15 is 0 Å². The van der Waals surface area contributed by atoms with Gasteiger partial charge >= 0.3 is 19.5 Å². The van der Waals surface area contributed by atoms with Gasteiger partial charge in [0.2, 0.25) is 0 Å². The molecule has 1 aromatic carbocycles. The van der Waals surface area contributed by atoms with Crippen LogP contribution in [0.25, 0.3) is 10.2 Å². The van der Waals surface area contributed by atoms with E-state index in [-0.39, 0.29) is 19.5 Å². The van der Waals surface area contributed by atoms with E-state index in [2.05, 4.69) is 17.6 Å². The van der Waals surface area contributed by atoms with Crippen molar-refractivity contribution in [1.29, 1.82) is 0 Å². The van der Waals surface area contributed by atoms with Crippen molar-refractivity contribution >= 4 is 46.4 Å². The second kappa shape index (κ2) is 4.01. The van der Waals surface area contributed by atoms with E-state index < -0.39 is 0 Å². The van der Waals surface area contributed by atoms with Gasteiger partial charge in [-0.25, -0.2) is 0 Å². The number of fused-ring (bicyclic) bond motifs is 1. The zero-order chi connectivity index (χ0) is 7.84. The first kappa shape index (κ1) is 10.4. The summed E-state index contributed by atoms with van der Waals surface area (Å²) in [5.74, 6) is 0. The number of hydrogen-bond acceptors (Lipinski definition) is 3. The van der Waals surface area contributed by atoms with Crippen LogP contribution in [0.4, 0.5) is 0 Å². The number of H-pyrrole nitrogens is 1. The Labute approximate surface area is 97.4 Å². The number of thiol groups is 1. The van der Waals surface area contributed by atoms with Gasteiger partial charge in [0.25, 0.3) is 0 Å². The van der Waals surface area contributed by atoms with Crippen LogP contribution in [0.3, 0.4) is 0 Å². The number of aromatic amines is 1. The third-order valence-electron chi connectivity index (χ3n) is 1.43. The van der Waals surface area contributed by atoms with Gasteiger partial charge in [0, 0.05) is 4.90 Å². The molecule has 5 heteroatoms. The molecule has 0 aliphatic carbocycles. The molecular weight excluding hydrogens is 260 g/mol. The second-order valence-corrected chi connectivity index (χ2v) is 4.37. The Bertz CT molecular complexity index is 445. The van der Waals surface area contributed by atoms with Crippen molar-refractivity contribution in [2.24, 2.45) is 0 Å². The van der Waals surface area contributed by atoms with Crippen molar-refractivity contribution in [2.45, 2.75) is 4.90 Å². The number of nitrogens with one attached hydrogen (secondary N) is 1. The molecule has 0 saturated heterocycles. The summed E-state index contributed by atoms with van der Waals surface area (Å²) < 4.78 is 1.98. The first-order valence-corrected chi connectivity index (χ1v) is 4.75. The number of aromatic nitrogens is 1. The minimum Gasteiger partial charge on any atom is -0.336 e. The van der Waals surface area contributed by atoms with E-state index in [9.17, 15) is 0 Å². The van der Waals surface area contributed by atoms with Crippen molar-refractivity contribution in [2.75, 3.05) is 0 Å². The molecule has 0 saturated carbocycles. The Morgan fingerprint density at radius 1 is 1.42 bits per heavy atom. The summed E-state index contributed by atoms with van der Waals surface area (Å²) in [5.41, 5.74) is 1.05. The molecular formula is C7H5NS3Zn+2. The van der Waals surface area contributed by atoms with Crippen LogP contribution in [-0.2, 0) is 19.5 Å². The maximum Gasteiger partial charge on any atom is 2.00 e. The summed E-state index contributed by atoms with van der Waals surface area (Å²) >= 11 is 10.9. The van der Waals surface area contributed by atoms with Gasteiger partial charge in [0.05, 0.1) is 10.2 Å². The Hall–Kier alpha value is 0.303. The van der Waals surface area contributed by atoms with Crippen molar-refractivity contribution in [1.82, 2.24) is 4.98 Å². The van der Waals surface area contributed by atoms with Crippen LogP contribution in [-0.4, -0.2) is 4.98 Å². The Balaban J connectivity index is 0.000000720. The van der Waals surface area contributed by atoms with E-state index in [0.717, 1.165) is 14.4 Å². The molecule has 1 nitrogen and oxygen atoms in total. The molecule has 0 unspecified atom stereocenters. The van der Waals surface area contributed by atoms with Crippen molar-refractivity contribution in [3.05, 3.63) is 22.2 Å². The smallest absolute Gasteiger partial charge is 0.336 e. The third-order valence-corrected chi connectivity index (χ3v) is 3.01. The van der Waals surface area contributed by atoms with Crippen molar-refractivity contribution in [3.63, 3.8) is 0 Å². The van der Waals surface area contributed by atoms with Gasteiger partial charge < -0.3 is 4.98 Å². The van der Waals surface area contributed by atoms with Gasteiger partial charge in [-0.1, -0.05) is 6.07 Å². The zero-order valence-corrected chi connectivity index (χ0v) is 11.7. The predicted molar refractivity (Wildman–Crippen MR) is 54.3 cm³/mol. The standard InChI is InChI=1S/C7H5NS3.Zn/c9-4-2-1-3-5-6(4)8-7(10)11-5;/h1-3,9H,(H,8,10);/q;+2. The zero-order valence-electron chi connectivity index (χ0n) is 6.20. The average Bonchev–Trinajstić information content (AvgIpc) is 2.31. The number of para-hydroxylation sites is 1. The Morgan fingerprint density at radius 2 is 2.17 bits per heavy atom. The SMILES string of the molecule is S=c1[nH]c2c(S)cccc2s1.[Zn+2]. The van der Waals surface area contributed by atoms with Crippen LogP contribution in [0.2, 0.25) is 0 Å². The Kier molecular flexibility index (Phi) is 3.47. The van der Waals surface area contributed by atoms with Crippen molar-refractivity contribution < 1.29 is 19.5 Å². The minimum atomic E-state index is 0. The molecule has 1 heterocycles. The fourth-order valence-electron chi connectivity index (χ4n) is 0.958. The molecule has 0 fully saturated rings. The topological polar surface area (TPSA) is 15.8 Å². The van der Waals surface area contributed by atoms with Crippen LogP contribution in [0.1, 0.15) is 0 Å². The quantitative estimate of drug-likeness (QED) is 0.424. The number of thiazole rings is 1. The maximum atomic E-state index is 5.00. The summed E-state index contributed by atoms with van der Waals surface area (Å²) in [6, 6.07) is 5.96. The first-order chi connectivity index (χ1) is 5.27. The number of hydrogen-bond donors (Lipinski definition) is 2. The minimum absolute atomic E-state index is 0. The number of rotatable bonds is 0. The predicted octanol–water partition coefficient (Wildman–Crippen LogP) is 3.25. The summed E-state index contributed by atoms with van der Waals surface area (Å²) in [6.07, 6.45) is 0. The van der Waals surface area contributed by atoms with Crippen LogP contribution in [0.5, 0.6) is 0 Å². The normalized spacial score (nSPS) is 9.75. The van der Waals surface area contributed by atoms with Crippen LogP contribution < -0.4 is 0 Å². The third kappa shape index (κ3) is 1.79. The molecule has 2 rings (SSSR count). The van der Waals surface area contributed by atoms with Crippen LogP contribution in [0.15, 0.2) is 23.1 Å². The summed E-state index contributed by atoms with van der Waals surface area (Å²) in [5, 5.41) is 0. The summed E-state index contributed by atoms with van der Waals surface area (Å²) in [4.78, 5) is 4.04. The van der Waals surface area contributed by atoms with E-state index in [1.54, 1.807) is 11.3 Å². The largest absolute Gasteiger partial charge is 2.00 e. The van der Waals surface area contributed by atoms with E-state index in [0.29, 0.717) is 0 Å². The molecule has 1 aromatic heterocycles. The van der Waals surface area contributed by atoms with Gasteiger partial charge in [0.1, 0.15) is 0 Å². The van der Waals surface area contributed by atoms with Gasteiger partial charge in [0.15, 0.2) is 3.95 Å². The molecule has 0 aliphatic rings. The first-order valence-electron chi connectivity index (χ1n) is 3.08. The van der Waals surface area contributed by atoms with Crippen LogP contribution in [0, 0.1) is 3.95 Å². The molecule has 56 valence electrons. The molecule has 12 heavy (non-hydrogen) atoms. The van der Waals surface area contributed by atoms with Crippen molar-refractivity contribution in [3.8, 4) is 0 Å². The van der Waals surface area contributed by atoms with E-state index in [1.165, 1.54) is 4.70 Å². The van der Waals surface area contributed by atoms with E-state index in [4.69, 9.17) is 12.2 Å². The van der Waals surface area contributed by atoms with Crippen LogP contribution >= 0.6 is 36.2 Å². The van der Waals surface area contributed by atoms with Gasteiger partial charge in [-0.3, -0.25) is 0 Å². The average molecular weight is 265 g/mol. The van der Waals surface area contributed by atoms with Gasteiger partial charge in [-0.15, -0.1) is 24.0 Å². The van der Waals surface area contributed by atoms with Gasteiger partial charge in [-0.2, -0.15) is 0 Å². The molecule has 0 amide bonds. The summed E-state index contributed by atoms with van der Waals surface area (Å²) in [7, 11) is 0. The Morgan fingerprint density at radius 3 is 2.83 bits per heavy atom. The molecule has 0 bridgehead atoms. The second-order valence-electron chi connectivity index (χ2n) is 2.16. The molecule has 0 atom stereocenters. The number of benzene rings is 1. The fourth-order valence-corrected chi connectivity index (χ4v) is 2.43. The monoisotopic (exact) mass is 263 g/mol. The van der Waals surface area contributed by atoms with Gasteiger partial charge in [-0.05, 0) is 24.4 Å². The maximum absolute atomic E-state index is 5.00. The fraction of sp³-hybridized carbons (Fsp3) is 0. The molecule has 0 radical (unpaired) electrons. The molecule has 0 aliphatic heterocycles. The molecule has 2 aromatic rings.